The van der Waals surface area contributed by atoms with Gasteiger partial charge in [0.25, 0.3) is 5.91 Å². The molecule has 1 atom stereocenters. The molecule has 0 saturated heterocycles. The highest BCUT2D eigenvalue weighted by atomic mass is 32.1. The molecule has 5 rings (SSSR count). The smallest absolute Gasteiger partial charge is 0.255 e. The van der Waals surface area contributed by atoms with Crippen molar-refractivity contribution < 1.29 is 14.3 Å². The summed E-state index contributed by atoms with van der Waals surface area (Å²) in [6.45, 7) is 0.533. The topological polar surface area (TPSA) is 71.6 Å². The van der Waals surface area contributed by atoms with Crippen LogP contribution in [0.15, 0.2) is 64.8 Å². The zero-order chi connectivity index (χ0) is 22.2. The molecule has 0 saturated carbocycles. The quantitative estimate of drug-likeness (QED) is 0.505. The van der Waals surface area contributed by atoms with Gasteiger partial charge in [0.05, 0.1) is 25.8 Å². The summed E-state index contributed by atoms with van der Waals surface area (Å²) >= 11 is 1.61. The van der Waals surface area contributed by atoms with Gasteiger partial charge in [-0.1, -0.05) is 24.3 Å². The second-order valence-corrected chi connectivity index (χ2v) is 8.64. The van der Waals surface area contributed by atoms with Gasteiger partial charge in [-0.05, 0) is 47.2 Å². The number of nitrogens with zero attached hydrogens (tertiary/aromatic N) is 1. The largest absolute Gasteiger partial charge is 0.493 e. The minimum Gasteiger partial charge on any atom is -0.493 e. The molecule has 0 bridgehead atoms. The fourth-order valence-electron chi connectivity index (χ4n) is 4.45. The molecule has 1 N–H and O–H groups in total. The molecule has 4 aromatic rings. The summed E-state index contributed by atoms with van der Waals surface area (Å²) < 4.78 is 11.0. The molecule has 32 heavy (non-hydrogen) atoms. The lowest BCUT2D eigenvalue weighted by Gasteiger charge is -2.37. The molecule has 162 valence electrons. The molecule has 6 nitrogen and oxygen atoms in total. The molecule has 0 spiro atoms. The number of para-hydroxylation sites is 1. The average Bonchev–Trinajstić information content (AvgIpc) is 3.35. The number of methoxy groups -OCH3 is 2. The number of nitrogens with one attached hydrogen (secondary N) is 1. The lowest BCUT2D eigenvalue weighted by Crippen LogP contribution is -2.40. The molecule has 2 aromatic heterocycles. The highest BCUT2D eigenvalue weighted by Gasteiger charge is 2.35. The summed E-state index contributed by atoms with van der Waals surface area (Å²) in [7, 11) is 3.23. The van der Waals surface area contributed by atoms with Gasteiger partial charge in [0, 0.05) is 28.4 Å². The minimum absolute atomic E-state index is 0.161. The predicted octanol–water partition coefficient (Wildman–Crippen LogP) is 4.39. The molecule has 0 aliphatic carbocycles. The second-order valence-electron chi connectivity index (χ2n) is 7.67. The summed E-state index contributed by atoms with van der Waals surface area (Å²) in [5.41, 5.74) is 2.91. The Morgan fingerprint density at radius 3 is 2.59 bits per heavy atom. The first-order chi connectivity index (χ1) is 15.6. The van der Waals surface area contributed by atoms with Crippen LogP contribution in [-0.4, -0.2) is 36.6 Å². The number of pyridine rings is 1. The number of hydrogen-bond acceptors (Lipinski definition) is 5. The van der Waals surface area contributed by atoms with E-state index in [4.69, 9.17) is 9.47 Å². The van der Waals surface area contributed by atoms with Crippen molar-refractivity contribution in [1.29, 1.82) is 0 Å². The van der Waals surface area contributed by atoms with E-state index in [1.54, 1.807) is 25.6 Å². The van der Waals surface area contributed by atoms with Gasteiger partial charge in [-0.2, -0.15) is 0 Å². The van der Waals surface area contributed by atoms with Crippen LogP contribution in [0.2, 0.25) is 0 Å². The van der Waals surface area contributed by atoms with Crippen LogP contribution in [0.25, 0.3) is 10.9 Å². The Kier molecular flexibility index (Phi) is 5.19. The molecule has 2 aromatic carbocycles. The van der Waals surface area contributed by atoms with Crippen molar-refractivity contribution in [3.8, 4) is 11.5 Å². The number of amides is 1. The first-order valence-electron chi connectivity index (χ1n) is 10.3. The molecule has 1 amide bonds. The molecule has 0 unspecified atom stereocenters. The van der Waals surface area contributed by atoms with Crippen LogP contribution < -0.4 is 15.0 Å². The van der Waals surface area contributed by atoms with Crippen molar-refractivity contribution in [3.63, 3.8) is 0 Å². The molecule has 1 aliphatic rings. The van der Waals surface area contributed by atoms with E-state index in [9.17, 15) is 9.59 Å². The van der Waals surface area contributed by atoms with Crippen molar-refractivity contribution in [2.75, 3.05) is 20.8 Å². The van der Waals surface area contributed by atoms with Crippen LogP contribution >= 0.6 is 11.3 Å². The van der Waals surface area contributed by atoms with Crippen molar-refractivity contribution in [1.82, 2.24) is 9.88 Å². The summed E-state index contributed by atoms with van der Waals surface area (Å²) in [5, 5.41) is 2.75. The Balaban J connectivity index is 1.67. The number of H-pyrrole nitrogens is 1. The van der Waals surface area contributed by atoms with Crippen molar-refractivity contribution >= 4 is 28.1 Å². The molecular formula is C25H22N2O4S. The van der Waals surface area contributed by atoms with Gasteiger partial charge in [0.15, 0.2) is 11.5 Å². The second kappa shape index (κ2) is 8.16. The molecule has 0 radical (unpaired) electrons. The fourth-order valence-corrected chi connectivity index (χ4v) is 5.31. The lowest BCUT2D eigenvalue weighted by molar-refractivity contribution is 0.0698. The Morgan fingerprint density at radius 1 is 1.06 bits per heavy atom. The van der Waals surface area contributed by atoms with Crippen LogP contribution in [0.5, 0.6) is 11.5 Å². The first-order valence-corrected chi connectivity index (χ1v) is 11.2. The number of benzene rings is 2. The highest BCUT2D eigenvalue weighted by molar-refractivity contribution is 7.10. The van der Waals surface area contributed by atoms with Gasteiger partial charge >= 0.3 is 0 Å². The Bertz CT molecular complexity index is 1360. The molecule has 0 fully saturated rings. The zero-order valence-electron chi connectivity index (χ0n) is 17.8. The average molecular weight is 447 g/mol. The van der Waals surface area contributed by atoms with Crippen molar-refractivity contribution in [2.24, 2.45) is 0 Å². The Hall–Kier alpha value is -3.58. The SMILES string of the molecule is COc1cc2c(cc1OC)[C@H](c1cccs1)N(C(=O)c1cc(=O)[nH]c3ccccc13)CC2. The maximum atomic E-state index is 13.9. The van der Waals surface area contributed by atoms with Gasteiger partial charge in [-0.15, -0.1) is 11.3 Å². The minimum atomic E-state index is -0.288. The summed E-state index contributed by atoms with van der Waals surface area (Å²) in [6, 6.07) is 16.5. The van der Waals surface area contributed by atoms with E-state index in [2.05, 4.69) is 4.98 Å². The number of aromatic amines is 1. The maximum Gasteiger partial charge on any atom is 0.255 e. The van der Waals surface area contributed by atoms with Crippen LogP contribution in [0.1, 0.15) is 32.4 Å². The number of fused-ring (bicyclic) bond motifs is 2. The normalized spacial score (nSPS) is 15.4. The van der Waals surface area contributed by atoms with Gasteiger partial charge in [0.1, 0.15) is 0 Å². The predicted molar refractivity (Wildman–Crippen MR) is 125 cm³/mol. The highest BCUT2D eigenvalue weighted by Crippen LogP contribution is 2.42. The van der Waals surface area contributed by atoms with Gasteiger partial charge in [-0.25, -0.2) is 0 Å². The summed E-state index contributed by atoms with van der Waals surface area (Å²) in [6.07, 6.45) is 0.685. The third-order valence-corrected chi connectivity index (χ3v) is 6.85. The van der Waals surface area contributed by atoms with Crippen molar-refractivity contribution in [3.05, 3.63) is 91.9 Å². The fraction of sp³-hybridized carbons (Fsp3) is 0.200. The number of carbonyl (C=O) groups is 1. The van der Waals surface area contributed by atoms with Crippen LogP contribution in [0, 0.1) is 0 Å². The first kappa shape index (κ1) is 20.3. The van der Waals surface area contributed by atoms with Crippen molar-refractivity contribution in [2.45, 2.75) is 12.5 Å². The van der Waals surface area contributed by atoms with E-state index >= 15 is 0 Å². The van der Waals surface area contributed by atoms with Crippen LogP contribution in [0.4, 0.5) is 0 Å². The van der Waals surface area contributed by atoms with E-state index < -0.39 is 0 Å². The standard InChI is InChI=1S/C25H22N2O4S/c1-30-20-12-15-9-10-27(24(22-8-5-11-32-22)17(15)13-21(20)31-2)25(29)18-14-23(28)26-19-7-4-3-6-16(18)19/h3-8,11-14,24H,9-10H2,1-2H3,(H,26,28)/t24-/m1/s1. The number of rotatable bonds is 4. The lowest BCUT2D eigenvalue weighted by atomic mass is 9.90. The molecule has 1 aliphatic heterocycles. The monoisotopic (exact) mass is 446 g/mol. The number of carbonyl (C=O) groups excluding carboxylic acids is 1. The van der Waals surface area contributed by atoms with Gasteiger partial charge in [-0.3, -0.25) is 9.59 Å². The van der Waals surface area contributed by atoms with Crippen LogP contribution in [0.3, 0.4) is 0 Å². The van der Waals surface area contributed by atoms with Gasteiger partial charge < -0.3 is 19.4 Å². The van der Waals surface area contributed by atoms with Gasteiger partial charge in [0.2, 0.25) is 5.56 Å². The number of ether oxygens (including phenoxy) is 2. The van der Waals surface area contributed by atoms with E-state index in [0.29, 0.717) is 35.5 Å². The van der Waals surface area contributed by atoms with E-state index in [0.717, 1.165) is 21.4 Å². The third kappa shape index (κ3) is 3.35. The number of hydrogen-bond donors (Lipinski definition) is 1. The van der Waals surface area contributed by atoms with E-state index in [1.807, 2.05) is 58.8 Å². The third-order valence-electron chi connectivity index (χ3n) is 5.93. The Labute approximate surface area is 189 Å². The number of thiophene rings is 1. The zero-order valence-corrected chi connectivity index (χ0v) is 18.6. The molecule has 3 heterocycles. The molecule has 7 heteroatoms. The molecular weight excluding hydrogens is 424 g/mol. The summed E-state index contributed by atoms with van der Waals surface area (Å²) in [4.78, 5) is 31.9. The van der Waals surface area contributed by atoms with E-state index in [1.165, 1.54) is 6.07 Å². The van der Waals surface area contributed by atoms with Crippen LogP contribution in [-0.2, 0) is 6.42 Å². The maximum absolute atomic E-state index is 13.9. The van der Waals surface area contributed by atoms with E-state index in [-0.39, 0.29) is 17.5 Å². The Morgan fingerprint density at radius 2 is 1.84 bits per heavy atom. The number of aromatic nitrogens is 1. The summed E-state index contributed by atoms with van der Waals surface area (Å²) in [5.74, 6) is 1.14.